The maximum absolute atomic E-state index is 11.6. The van der Waals surface area contributed by atoms with Crippen LogP contribution < -0.4 is 10.8 Å². The molecule has 0 aliphatic rings. The fourth-order valence-electron chi connectivity index (χ4n) is 1.12. The maximum atomic E-state index is 11.6. The SMILES string of the molecule is O=C(Nc1cc(B(O)O)ccn1)c1csnn1. The third-order valence-electron chi connectivity index (χ3n) is 1.92. The Labute approximate surface area is 100 Å². The number of hydrogen-bond acceptors (Lipinski definition) is 7. The van der Waals surface area contributed by atoms with Crippen LogP contribution in [0.3, 0.4) is 0 Å². The Balaban J connectivity index is 2.14. The second-order valence-corrected chi connectivity index (χ2v) is 3.70. The maximum Gasteiger partial charge on any atom is 0.488 e. The fraction of sp³-hybridized carbons (Fsp3) is 0. The number of carbonyl (C=O) groups is 1. The highest BCUT2D eigenvalue weighted by atomic mass is 32.1. The van der Waals surface area contributed by atoms with Crippen molar-refractivity contribution in [2.24, 2.45) is 0 Å². The van der Waals surface area contributed by atoms with Gasteiger partial charge in [0.05, 0.1) is 0 Å². The highest BCUT2D eigenvalue weighted by molar-refractivity contribution is 7.03. The Morgan fingerprint density at radius 2 is 2.29 bits per heavy atom. The Hall–Kier alpha value is -1.84. The van der Waals surface area contributed by atoms with Gasteiger partial charge in [0.2, 0.25) is 0 Å². The Morgan fingerprint density at radius 3 is 2.94 bits per heavy atom. The van der Waals surface area contributed by atoms with Crippen molar-refractivity contribution < 1.29 is 14.8 Å². The molecule has 0 spiro atoms. The van der Waals surface area contributed by atoms with Crippen LogP contribution >= 0.6 is 11.5 Å². The molecule has 17 heavy (non-hydrogen) atoms. The minimum absolute atomic E-state index is 0.187. The molecule has 2 heterocycles. The van der Waals surface area contributed by atoms with E-state index in [-0.39, 0.29) is 17.0 Å². The van der Waals surface area contributed by atoms with Crippen LogP contribution in [0.5, 0.6) is 0 Å². The molecule has 1 amide bonds. The number of aromatic nitrogens is 3. The van der Waals surface area contributed by atoms with E-state index in [2.05, 4.69) is 19.9 Å². The second-order valence-electron chi connectivity index (χ2n) is 3.09. The molecule has 0 unspecified atom stereocenters. The largest absolute Gasteiger partial charge is 0.488 e. The van der Waals surface area contributed by atoms with Crippen LogP contribution in [-0.2, 0) is 0 Å². The summed E-state index contributed by atoms with van der Waals surface area (Å²) in [6.07, 6.45) is 1.36. The molecule has 0 bridgehead atoms. The van der Waals surface area contributed by atoms with Crippen molar-refractivity contribution in [3.8, 4) is 0 Å². The van der Waals surface area contributed by atoms with Crippen molar-refractivity contribution in [2.45, 2.75) is 0 Å². The average molecular weight is 250 g/mol. The molecule has 0 atom stereocenters. The van der Waals surface area contributed by atoms with Crippen LogP contribution in [0, 0.1) is 0 Å². The highest BCUT2D eigenvalue weighted by Crippen LogP contribution is 2.03. The van der Waals surface area contributed by atoms with Crippen LogP contribution in [0.15, 0.2) is 23.7 Å². The molecule has 0 saturated heterocycles. The first-order chi connectivity index (χ1) is 8.16. The van der Waals surface area contributed by atoms with Gasteiger partial charge >= 0.3 is 7.12 Å². The number of anilines is 1. The number of nitrogens with one attached hydrogen (secondary N) is 1. The molecule has 2 aromatic rings. The number of hydrogen-bond donors (Lipinski definition) is 3. The van der Waals surface area contributed by atoms with Crippen LogP contribution in [0.2, 0.25) is 0 Å². The molecule has 0 radical (unpaired) electrons. The summed E-state index contributed by atoms with van der Waals surface area (Å²) in [5.41, 5.74) is 0.429. The number of rotatable bonds is 3. The minimum atomic E-state index is -1.60. The van der Waals surface area contributed by atoms with Gasteiger partial charge in [0.1, 0.15) is 5.82 Å². The highest BCUT2D eigenvalue weighted by Gasteiger charge is 2.14. The zero-order valence-corrected chi connectivity index (χ0v) is 9.26. The lowest BCUT2D eigenvalue weighted by atomic mass is 9.81. The zero-order chi connectivity index (χ0) is 12.3. The topological polar surface area (TPSA) is 108 Å². The van der Waals surface area contributed by atoms with E-state index in [0.717, 1.165) is 11.5 Å². The Morgan fingerprint density at radius 1 is 1.47 bits per heavy atom. The molecule has 0 aliphatic heterocycles. The van der Waals surface area contributed by atoms with Crippen molar-refractivity contribution in [1.82, 2.24) is 14.6 Å². The molecule has 0 saturated carbocycles. The Bertz CT molecular complexity index is 519. The summed E-state index contributed by atoms with van der Waals surface area (Å²) in [5, 5.41) is 25.5. The summed E-state index contributed by atoms with van der Waals surface area (Å²) in [4.78, 5) is 15.5. The van der Waals surface area contributed by atoms with E-state index in [1.165, 1.54) is 23.7 Å². The first-order valence-corrected chi connectivity index (χ1v) is 5.41. The number of carbonyl (C=O) groups excluding carboxylic acids is 1. The van der Waals surface area contributed by atoms with Crippen LogP contribution in [-0.4, -0.2) is 37.6 Å². The van der Waals surface area contributed by atoms with E-state index >= 15 is 0 Å². The van der Waals surface area contributed by atoms with Gasteiger partial charge in [0, 0.05) is 11.6 Å². The van der Waals surface area contributed by atoms with Crippen molar-refractivity contribution in [2.75, 3.05) is 5.32 Å². The predicted octanol–water partition coefficient (Wildman–Crippen LogP) is -1.13. The van der Waals surface area contributed by atoms with Crippen LogP contribution in [0.1, 0.15) is 10.5 Å². The molecule has 0 aliphatic carbocycles. The van der Waals surface area contributed by atoms with Gasteiger partial charge in [-0.25, -0.2) is 4.98 Å². The number of amides is 1. The minimum Gasteiger partial charge on any atom is -0.423 e. The van der Waals surface area contributed by atoms with Gasteiger partial charge in [-0.1, -0.05) is 4.49 Å². The number of pyridine rings is 1. The second kappa shape index (κ2) is 5.00. The van der Waals surface area contributed by atoms with Gasteiger partial charge in [0.15, 0.2) is 5.69 Å². The van der Waals surface area contributed by atoms with Gasteiger partial charge in [-0.05, 0) is 29.1 Å². The lowest BCUT2D eigenvalue weighted by Crippen LogP contribution is -2.30. The van der Waals surface area contributed by atoms with Crippen LogP contribution in [0.4, 0.5) is 5.82 Å². The summed E-state index contributed by atoms with van der Waals surface area (Å²) in [5.74, 6) is -0.232. The summed E-state index contributed by atoms with van der Waals surface area (Å²) in [6.45, 7) is 0. The molecule has 7 nitrogen and oxygen atoms in total. The van der Waals surface area contributed by atoms with Crippen molar-refractivity contribution in [1.29, 1.82) is 0 Å². The van der Waals surface area contributed by atoms with Crippen molar-refractivity contribution >= 4 is 35.8 Å². The van der Waals surface area contributed by atoms with E-state index in [1.54, 1.807) is 0 Å². The molecule has 9 heteroatoms. The quantitative estimate of drug-likeness (QED) is 0.594. The van der Waals surface area contributed by atoms with E-state index in [9.17, 15) is 4.79 Å². The van der Waals surface area contributed by atoms with E-state index < -0.39 is 13.0 Å². The third-order valence-corrected chi connectivity index (χ3v) is 2.42. The van der Waals surface area contributed by atoms with Crippen molar-refractivity contribution in [3.63, 3.8) is 0 Å². The van der Waals surface area contributed by atoms with E-state index in [4.69, 9.17) is 10.0 Å². The fourth-order valence-corrected chi connectivity index (χ4v) is 1.56. The smallest absolute Gasteiger partial charge is 0.423 e. The molecular formula is C8H7BN4O3S. The van der Waals surface area contributed by atoms with E-state index in [0.29, 0.717) is 0 Å². The summed E-state index contributed by atoms with van der Waals surface area (Å²) in [7, 11) is -1.60. The number of nitrogens with zero attached hydrogens (tertiary/aromatic N) is 3. The molecule has 0 fully saturated rings. The molecule has 2 aromatic heterocycles. The summed E-state index contributed by atoms with van der Waals surface area (Å²) < 4.78 is 3.56. The first-order valence-electron chi connectivity index (χ1n) is 4.57. The van der Waals surface area contributed by atoms with E-state index in [1.807, 2.05) is 0 Å². The summed E-state index contributed by atoms with van der Waals surface area (Å²) >= 11 is 1.06. The molecule has 3 N–H and O–H groups in total. The standard InChI is InChI=1S/C8H7BN4O3S/c14-8(6-4-17-13-12-6)11-7-3-5(9(15)16)1-2-10-7/h1-4,15-16H,(H,10,11,14). The predicted molar refractivity (Wildman–Crippen MR) is 61.9 cm³/mol. The van der Waals surface area contributed by atoms with Gasteiger partial charge in [-0.2, -0.15) is 0 Å². The normalized spacial score (nSPS) is 10.0. The molecule has 2 rings (SSSR count). The lowest BCUT2D eigenvalue weighted by Gasteiger charge is -2.04. The van der Waals surface area contributed by atoms with Gasteiger partial charge < -0.3 is 15.4 Å². The summed E-state index contributed by atoms with van der Waals surface area (Å²) in [6, 6.07) is 2.80. The van der Waals surface area contributed by atoms with Crippen molar-refractivity contribution in [3.05, 3.63) is 29.4 Å². The first kappa shape index (κ1) is 11.6. The monoisotopic (exact) mass is 250 g/mol. The van der Waals surface area contributed by atoms with Crippen LogP contribution in [0.25, 0.3) is 0 Å². The van der Waals surface area contributed by atoms with Gasteiger partial charge in [-0.15, -0.1) is 5.10 Å². The molecular weight excluding hydrogens is 243 g/mol. The average Bonchev–Trinajstić information content (AvgIpc) is 2.82. The Kier molecular flexibility index (Phi) is 3.42. The lowest BCUT2D eigenvalue weighted by molar-refractivity contribution is 0.102. The van der Waals surface area contributed by atoms with Gasteiger partial charge in [0.25, 0.3) is 5.91 Å². The zero-order valence-electron chi connectivity index (χ0n) is 8.44. The third kappa shape index (κ3) is 2.84. The van der Waals surface area contributed by atoms with Gasteiger partial charge in [-0.3, -0.25) is 4.79 Å². The molecule has 0 aromatic carbocycles. The molecule has 86 valence electrons.